The summed E-state index contributed by atoms with van der Waals surface area (Å²) in [6, 6.07) is 22.9. The van der Waals surface area contributed by atoms with Gasteiger partial charge in [-0.3, -0.25) is 4.99 Å². The van der Waals surface area contributed by atoms with Crippen LogP contribution in [0.1, 0.15) is 5.56 Å². The number of rotatable bonds is 4. The van der Waals surface area contributed by atoms with Gasteiger partial charge in [-0.2, -0.15) is 0 Å². The molecule has 0 fully saturated rings. The molecule has 4 nitrogen and oxygen atoms in total. The van der Waals surface area contributed by atoms with Crippen LogP contribution in [-0.4, -0.2) is 12.4 Å². The van der Waals surface area contributed by atoms with Crippen molar-refractivity contribution in [3.8, 4) is 11.5 Å². The predicted octanol–water partition coefficient (Wildman–Crippen LogP) is 5.67. The fraction of sp³-hybridized carbons (Fsp3) is 0. The maximum absolute atomic E-state index is 11.9. The summed E-state index contributed by atoms with van der Waals surface area (Å²) in [7, 11) is 0. The number of ether oxygens (including phenoxy) is 2. The van der Waals surface area contributed by atoms with Crippen LogP contribution in [0.4, 0.5) is 10.5 Å². The van der Waals surface area contributed by atoms with Gasteiger partial charge in [0.25, 0.3) is 0 Å². The Morgan fingerprint density at radius 2 is 1.64 bits per heavy atom. The van der Waals surface area contributed by atoms with Gasteiger partial charge in [0.1, 0.15) is 11.5 Å². The average Bonchev–Trinajstić information content (AvgIpc) is 2.62. The van der Waals surface area contributed by atoms with Crippen LogP contribution in [0.25, 0.3) is 0 Å². The topological polar surface area (TPSA) is 47.9 Å². The molecule has 0 aliphatic rings. The fourth-order valence-electron chi connectivity index (χ4n) is 2.08. The molecule has 0 N–H and O–H groups in total. The highest BCUT2D eigenvalue weighted by atomic mass is 35.5. The summed E-state index contributed by atoms with van der Waals surface area (Å²) >= 11 is 5.94. The number of benzene rings is 3. The Morgan fingerprint density at radius 1 is 0.880 bits per heavy atom. The lowest BCUT2D eigenvalue weighted by atomic mass is 10.2. The molecule has 3 rings (SSSR count). The second kappa shape index (κ2) is 8.13. The van der Waals surface area contributed by atoms with E-state index in [0.29, 0.717) is 27.8 Å². The number of hydrogen-bond acceptors (Lipinski definition) is 4. The smallest absolute Gasteiger partial charge is 0.395 e. The Morgan fingerprint density at radius 3 is 2.44 bits per heavy atom. The van der Waals surface area contributed by atoms with Crippen molar-refractivity contribution < 1.29 is 14.3 Å². The van der Waals surface area contributed by atoms with Crippen molar-refractivity contribution in [3.05, 3.63) is 89.4 Å². The molecule has 0 bridgehead atoms. The molecule has 3 aromatic rings. The quantitative estimate of drug-likeness (QED) is 0.345. The summed E-state index contributed by atoms with van der Waals surface area (Å²) in [4.78, 5) is 16.3. The molecule has 0 aliphatic heterocycles. The number of nitrogens with zero attached hydrogens (tertiary/aromatic N) is 1. The SMILES string of the molecule is O=C(Oc1ccccc1)Oc1ccccc1C=Nc1cccc(Cl)c1. The van der Waals surface area contributed by atoms with E-state index in [1.165, 1.54) is 0 Å². The van der Waals surface area contributed by atoms with E-state index in [1.54, 1.807) is 60.8 Å². The zero-order valence-corrected chi connectivity index (χ0v) is 13.9. The van der Waals surface area contributed by atoms with Crippen molar-refractivity contribution in [1.82, 2.24) is 0 Å². The third kappa shape index (κ3) is 4.93. The number of hydrogen-bond donors (Lipinski definition) is 0. The predicted molar refractivity (Wildman–Crippen MR) is 98.2 cm³/mol. The molecule has 0 aliphatic carbocycles. The molecule has 124 valence electrons. The second-order valence-electron chi connectivity index (χ2n) is 5.04. The van der Waals surface area contributed by atoms with Crippen molar-refractivity contribution >= 4 is 29.7 Å². The van der Waals surface area contributed by atoms with Crippen molar-refractivity contribution in [1.29, 1.82) is 0 Å². The van der Waals surface area contributed by atoms with Gasteiger partial charge in [-0.25, -0.2) is 4.79 Å². The molecule has 25 heavy (non-hydrogen) atoms. The second-order valence-corrected chi connectivity index (χ2v) is 5.48. The summed E-state index contributed by atoms with van der Waals surface area (Å²) in [5.41, 5.74) is 1.35. The highest BCUT2D eigenvalue weighted by Gasteiger charge is 2.10. The van der Waals surface area contributed by atoms with E-state index in [2.05, 4.69) is 4.99 Å². The zero-order chi connectivity index (χ0) is 17.5. The average molecular weight is 352 g/mol. The fourth-order valence-corrected chi connectivity index (χ4v) is 2.26. The van der Waals surface area contributed by atoms with E-state index in [4.69, 9.17) is 21.1 Å². The van der Waals surface area contributed by atoms with E-state index in [0.717, 1.165) is 0 Å². The van der Waals surface area contributed by atoms with Gasteiger partial charge in [0.05, 0.1) is 5.69 Å². The molecule has 3 aromatic carbocycles. The van der Waals surface area contributed by atoms with Crippen LogP contribution in [0.15, 0.2) is 83.9 Å². The Kier molecular flexibility index (Phi) is 5.44. The van der Waals surface area contributed by atoms with Gasteiger partial charge in [-0.1, -0.05) is 48.0 Å². The number of carbonyl (C=O) groups excluding carboxylic acids is 1. The first-order chi connectivity index (χ1) is 12.2. The van der Waals surface area contributed by atoms with E-state index in [1.807, 2.05) is 24.3 Å². The van der Waals surface area contributed by atoms with E-state index < -0.39 is 6.16 Å². The maximum atomic E-state index is 11.9. The molecule has 0 aromatic heterocycles. The highest BCUT2D eigenvalue weighted by Crippen LogP contribution is 2.21. The van der Waals surface area contributed by atoms with Crippen molar-refractivity contribution in [2.24, 2.45) is 4.99 Å². The molecule has 0 amide bonds. The maximum Gasteiger partial charge on any atom is 0.519 e. The first-order valence-electron chi connectivity index (χ1n) is 7.54. The number of para-hydroxylation sites is 2. The minimum Gasteiger partial charge on any atom is -0.395 e. The standard InChI is InChI=1S/C20H14ClNO3/c21-16-8-6-9-17(13-16)22-14-15-7-4-5-12-19(15)25-20(23)24-18-10-2-1-3-11-18/h1-14H. The van der Waals surface area contributed by atoms with Crippen molar-refractivity contribution in [3.63, 3.8) is 0 Å². The molecular weight excluding hydrogens is 338 g/mol. The number of carbonyl (C=O) groups is 1. The van der Waals surface area contributed by atoms with Gasteiger partial charge < -0.3 is 9.47 Å². The molecule has 0 saturated carbocycles. The minimum atomic E-state index is -0.810. The lowest BCUT2D eigenvalue weighted by Gasteiger charge is -2.07. The summed E-state index contributed by atoms with van der Waals surface area (Å²) in [6.45, 7) is 0. The molecule has 5 heteroatoms. The van der Waals surface area contributed by atoms with E-state index in [9.17, 15) is 4.79 Å². The van der Waals surface area contributed by atoms with Crippen LogP contribution in [-0.2, 0) is 0 Å². The van der Waals surface area contributed by atoms with E-state index >= 15 is 0 Å². The van der Waals surface area contributed by atoms with Gasteiger partial charge in [-0.05, 0) is 42.5 Å². The first kappa shape index (κ1) is 16.7. The van der Waals surface area contributed by atoms with Gasteiger partial charge in [-0.15, -0.1) is 0 Å². The monoisotopic (exact) mass is 351 g/mol. The lowest BCUT2D eigenvalue weighted by Crippen LogP contribution is -2.14. The Balaban J connectivity index is 1.73. The summed E-state index contributed by atoms with van der Waals surface area (Å²) in [5, 5.41) is 0.602. The van der Waals surface area contributed by atoms with Gasteiger partial charge in [0, 0.05) is 16.8 Å². The third-order valence-corrected chi connectivity index (χ3v) is 3.45. The summed E-state index contributed by atoms with van der Waals surface area (Å²) in [6.07, 6.45) is 0.798. The molecule has 0 saturated heterocycles. The molecular formula is C20H14ClNO3. The minimum absolute atomic E-state index is 0.356. The molecule has 0 heterocycles. The van der Waals surface area contributed by atoms with Crippen molar-refractivity contribution in [2.45, 2.75) is 0 Å². The van der Waals surface area contributed by atoms with Crippen LogP contribution in [0.3, 0.4) is 0 Å². The van der Waals surface area contributed by atoms with Gasteiger partial charge >= 0.3 is 6.16 Å². The first-order valence-corrected chi connectivity index (χ1v) is 7.92. The summed E-state index contributed by atoms with van der Waals surface area (Å²) in [5.74, 6) is 0.770. The molecule has 0 radical (unpaired) electrons. The molecule has 0 spiro atoms. The normalized spacial score (nSPS) is 10.6. The van der Waals surface area contributed by atoms with Crippen LogP contribution in [0, 0.1) is 0 Å². The Labute approximate surface area is 150 Å². The largest absolute Gasteiger partial charge is 0.519 e. The zero-order valence-electron chi connectivity index (χ0n) is 13.1. The van der Waals surface area contributed by atoms with Gasteiger partial charge in [0.2, 0.25) is 0 Å². The Bertz CT molecular complexity index is 894. The summed E-state index contributed by atoms with van der Waals surface area (Å²) < 4.78 is 10.4. The third-order valence-electron chi connectivity index (χ3n) is 3.22. The number of aliphatic imine (C=N–C) groups is 1. The lowest BCUT2D eigenvalue weighted by molar-refractivity contribution is 0.152. The van der Waals surface area contributed by atoms with Gasteiger partial charge in [0.15, 0.2) is 0 Å². The molecule has 0 unspecified atom stereocenters. The number of halogens is 1. The van der Waals surface area contributed by atoms with E-state index in [-0.39, 0.29) is 0 Å². The van der Waals surface area contributed by atoms with Crippen LogP contribution in [0.5, 0.6) is 11.5 Å². The van der Waals surface area contributed by atoms with Crippen LogP contribution < -0.4 is 9.47 Å². The highest BCUT2D eigenvalue weighted by molar-refractivity contribution is 6.30. The van der Waals surface area contributed by atoms with Crippen LogP contribution >= 0.6 is 11.6 Å². The van der Waals surface area contributed by atoms with Crippen LogP contribution in [0.2, 0.25) is 5.02 Å². The van der Waals surface area contributed by atoms with Crippen molar-refractivity contribution in [2.75, 3.05) is 0 Å². The molecule has 0 atom stereocenters. The Hall–Kier alpha value is -3.11.